The third kappa shape index (κ3) is 2.75. The summed E-state index contributed by atoms with van der Waals surface area (Å²) in [6.45, 7) is 4.10. The molecule has 92 valence electrons. The van der Waals surface area contributed by atoms with Gasteiger partial charge in [0.05, 0.1) is 5.69 Å². The first-order valence-electron chi connectivity index (χ1n) is 6.00. The molecule has 1 saturated carbocycles. The Morgan fingerprint density at radius 1 is 1.59 bits per heavy atom. The van der Waals surface area contributed by atoms with Crippen LogP contribution in [-0.4, -0.2) is 21.4 Å². The zero-order chi connectivity index (χ0) is 12.3. The Balaban J connectivity index is 2.07. The van der Waals surface area contributed by atoms with Gasteiger partial charge in [-0.2, -0.15) is 21.4 Å². The van der Waals surface area contributed by atoms with Crippen LogP contribution in [0.3, 0.4) is 0 Å². The molecule has 5 heteroatoms. The van der Waals surface area contributed by atoms with Gasteiger partial charge in [-0.15, -0.1) is 0 Å². The zero-order valence-corrected chi connectivity index (χ0v) is 11.8. The average molecular weight is 267 g/mol. The Bertz CT molecular complexity index is 422. The number of hydrogen-bond donors (Lipinski definition) is 1. The first-order valence-corrected chi connectivity index (χ1v) is 7.83. The van der Waals surface area contributed by atoms with E-state index in [4.69, 9.17) is 5.26 Å². The molecule has 1 heterocycles. The molecule has 1 aliphatic carbocycles. The Morgan fingerprint density at radius 2 is 2.41 bits per heavy atom. The van der Waals surface area contributed by atoms with E-state index in [1.165, 1.54) is 30.8 Å². The lowest BCUT2D eigenvalue weighted by Crippen LogP contribution is -2.26. The first-order chi connectivity index (χ1) is 8.26. The lowest BCUT2D eigenvalue weighted by atomic mass is 10.2. The van der Waals surface area contributed by atoms with Crippen LogP contribution >= 0.6 is 23.3 Å². The minimum atomic E-state index is 0.506. The maximum atomic E-state index is 9.10. The number of aryl methyl sites for hydroxylation is 1. The summed E-state index contributed by atoms with van der Waals surface area (Å²) in [5.74, 6) is 1.16. The van der Waals surface area contributed by atoms with Gasteiger partial charge in [0.25, 0.3) is 0 Å². The number of hydrogen-bond acceptors (Lipinski definition) is 5. The molecule has 0 aliphatic heterocycles. The van der Waals surface area contributed by atoms with Crippen molar-refractivity contribution in [3.63, 3.8) is 0 Å². The van der Waals surface area contributed by atoms with E-state index in [2.05, 4.69) is 22.7 Å². The maximum Gasteiger partial charge on any atom is 0.127 e. The van der Waals surface area contributed by atoms with Gasteiger partial charge in [-0.3, -0.25) is 0 Å². The van der Waals surface area contributed by atoms with Crippen LogP contribution in [0.2, 0.25) is 0 Å². The number of rotatable bonds is 4. The van der Waals surface area contributed by atoms with E-state index >= 15 is 0 Å². The molecule has 1 fully saturated rings. The van der Waals surface area contributed by atoms with Crippen LogP contribution in [0.4, 0.5) is 5.00 Å². The summed E-state index contributed by atoms with van der Waals surface area (Å²) < 4.78 is 4.25. The fourth-order valence-electron chi connectivity index (χ4n) is 2.27. The molecular weight excluding hydrogens is 250 g/mol. The van der Waals surface area contributed by atoms with Gasteiger partial charge in [0.15, 0.2) is 0 Å². The van der Waals surface area contributed by atoms with Gasteiger partial charge < -0.3 is 5.32 Å². The molecule has 17 heavy (non-hydrogen) atoms. The number of anilines is 1. The highest BCUT2D eigenvalue weighted by Crippen LogP contribution is 2.34. The Labute approximate surface area is 111 Å². The van der Waals surface area contributed by atoms with Crippen LogP contribution in [0.15, 0.2) is 0 Å². The summed E-state index contributed by atoms with van der Waals surface area (Å²) in [5, 5.41) is 14.3. The summed E-state index contributed by atoms with van der Waals surface area (Å²) in [6, 6.07) is 2.75. The van der Waals surface area contributed by atoms with E-state index < -0.39 is 0 Å². The van der Waals surface area contributed by atoms with E-state index in [-0.39, 0.29) is 0 Å². The standard InChI is InChI=1S/C12H17N3S2/c1-3-16-11-6-4-5-10(11)14-12-9(7-13)8(2)15-17-12/h10-11,14H,3-6H2,1-2H3. The van der Waals surface area contributed by atoms with Gasteiger partial charge in [-0.1, -0.05) is 13.3 Å². The molecule has 0 spiro atoms. The molecule has 2 rings (SSSR count). The van der Waals surface area contributed by atoms with E-state index in [9.17, 15) is 0 Å². The molecule has 0 saturated heterocycles. The highest BCUT2D eigenvalue weighted by molar-refractivity contribution is 7.99. The van der Waals surface area contributed by atoms with Crippen molar-refractivity contribution in [2.24, 2.45) is 0 Å². The lowest BCUT2D eigenvalue weighted by Gasteiger charge is -2.20. The minimum Gasteiger partial charge on any atom is -0.371 e. The zero-order valence-electron chi connectivity index (χ0n) is 10.2. The van der Waals surface area contributed by atoms with Gasteiger partial charge in [-0.05, 0) is 37.1 Å². The van der Waals surface area contributed by atoms with E-state index in [1.54, 1.807) is 0 Å². The second-order valence-corrected chi connectivity index (χ2v) is 6.55. The number of nitrogens with zero attached hydrogens (tertiary/aromatic N) is 2. The predicted molar refractivity (Wildman–Crippen MR) is 74.7 cm³/mol. The third-order valence-corrected chi connectivity index (χ3v) is 5.32. The highest BCUT2D eigenvalue weighted by Gasteiger charge is 2.28. The average Bonchev–Trinajstić information content (AvgIpc) is 2.88. The van der Waals surface area contributed by atoms with Gasteiger partial charge in [0, 0.05) is 11.3 Å². The molecular formula is C12H17N3S2. The minimum absolute atomic E-state index is 0.506. The van der Waals surface area contributed by atoms with Crippen molar-refractivity contribution in [1.29, 1.82) is 5.26 Å². The van der Waals surface area contributed by atoms with Crippen molar-refractivity contribution >= 4 is 28.3 Å². The van der Waals surface area contributed by atoms with Crippen molar-refractivity contribution in [2.45, 2.75) is 44.4 Å². The quantitative estimate of drug-likeness (QED) is 0.908. The van der Waals surface area contributed by atoms with Crippen LogP contribution < -0.4 is 5.32 Å². The van der Waals surface area contributed by atoms with Crippen LogP contribution in [-0.2, 0) is 0 Å². The molecule has 1 N–H and O–H groups in total. The third-order valence-electron chi connectivity index (χ3n) is 3.12. The molecule has 1 aliphatic rings. The van der Waals surface area contributed by atoms with Crippen LogP contribution in [0.25, 0.3) is 0 Å². The maximum absolute atomic E-state index is 9.10. The van der Waals surface area contributed by atoms with Crippen molar-refractivity contribution in [3.8, 4) is 6.07 Å². The van der Waals surface area contributed by atoms with Crippen molar-refractivity contribution < 1.29 is 0 Å². The van der Waals surface area contributed by atoms with E-state index in [0.717, 1.165) is 22.0 Å². The number of nitriles is 1. The summed E-state index contributed by atoms with van der Waals surface area (Å²) >= 11 is 3.44. The fourth-order valence-corrected chi connectivity index (χ4v) is 4.28. The van der Waals surface area contributed by atoms with Gasteiger partial charge in [0.2, 0.25) is 0 Å². The molecule has 1 aromatic rings. The number of nitrogens with one attached hydrogen (secondary N) is 1. The summed E-state index contributed by atoms with van der Waals surface area (Å²) in [5.41, 5.74) is 1.57. The molecule has 0 bridgehead atoms. The molecule has 1 aromatic heterocycles. The van der Waals surface area contributed by atoms with Gasteiger partial charge >= 0.3 is 0 Å². The second-order valence-electron chi connectivity index (χ2n) is 4.26. The van der Waals surface area contributed by atoms with E-state index in [1.807, 2.05) is 18.7 Å². The van der Waals surface area contributed by atoms with Crippen LogP contribution in [0.1, 0.15) is 37.4 Å². The summed E-state index contributed by atoms with van der Waals surface area (Å²) in [7, 11) is 0. The Kier molecular flexibility index (Phi) is 4.30. The second kappa shape index (κ2) is 5.74. The van der Waals surface area contributed by atoms with Crippen molar-refractivity contribution in [2.75, 3.05) is 11.1 Å². The van der Waals surface area contributed by atoms with E-state index in [0.29, 0.717) is 11.3 Å². The normalized spacial score (nSPS) is 23.6. The predicted octanol–water partition coefficient (Wildman–Crippen LogP) is 3.41. The number of aromatic nitrogens is 1. The number of thioether (sulfide) groups is 1. The van der Waals surface area contributed by atoms with Gasteiger partial charge in [-0.25, -0.2) is 0 Å². The summed E-state index contributed by atoms with van der Waals surface area (Å²) in [4.78, 5) is 0. The topological polar surface area (TPSA) is 48.7 Å². The summed E-state index contributed by atoms with van der Waals surface area (Å²) in [6.07, 6.45) is 3.78. The Hall–Kier alpha value is -0.730. The van der Waals surface area contributed by atoms with Crippen molar-refractivity contribution in [3.05, 3.63) is 11.3 Å². The molecule has 3 nitrogen and oxygen atoms in total. The smallest absolute Gasteiger partial charge is 0.127 e. The van der Waals surface area contributed by atoms with Crippen LogP contribution in [0.5, 0.6) is 0 Å². The lowest BCUT2D eigenvalue weighted by molar-refractivity contribution is 0.770. The molecule has 2 unspecified atom stereocenters. The largest absolute Gasteiger partial charge is 0.371 e. The SMILES string of the molecule is CCSC1CCCC1Nc1snc(C)c1C#N. The molecule has 0 amide bonds. The molecule has 0 aromatic carbocycles. The molecule has 2 atom stereocenters. The van der Waals surface area contributed by atoms with Gasteiger partial charge in [0.1, 0.15) is 16.6 Å². The molecule has 0 radical (unpaired) electrons. The van der Waals surface area contributed by atoms with Crippen molar-refractivity contribution in [1.82, 2.24) is 4.37 Å². The first kappa shape index (κ1) is 12.7. The Morgan fingerprint density at radius 3 is 3.12 bits per heavy atom. The highest BCUT2D eigenvalue weighted by atomic mass is 32.2. The van der Waals surface area contributed by atoms with Crippen LogP contribution in [0, 0.1) is 18.3 Å². The fraction of sp³-hybridized carbons (Fsp3) is 0.667. The monoisotopic (exact) mass is 267 g/mol.